The van der Waals surface area contributed by atoms with Gasteiger partial charge in [0.1, 0.15) is 0 Å². The molecule has 0 atom stereocenters. The van der Waals surface area contributed by atoms with Crippen LogP contribution in [0, 0.1) is 0 Å². The molecule has 0 spiro atoms. The first-order chi connectivity index (χ1) is 6.29. The predicted molar refractivity (Wildman–Crippen MR) is 58.9 cm³/mol. The van der Waals surface area contributed by atoms with Gasteiger partial charge in [0.25, 0.3) is 0 Å². The molecule has 0 bridgehead atoms. The van der Waals surface area contributed by atoms with Crippen molar-refractivity contribution in [2.24, 2.45) is 0 Å². The van der Waals surface area contributed by atoms with Crippen molar-refractivity contribution in [2.45, 2.75) is 57.9 Å². The third-order valence-corrected chi connectivity index (χ3v) is 2.84. The zero-order chi connectivity index (χ0) is 9.52. The van der Waals surface area contributed by atoms with E-state index < -0.39 is 0 Å². The Hall–Kier alpha value is -0.300. The highest BCUT2D eigenvalue weighted by Gasteiger charge is 2.10. The molecule has 1 saturated carbocycles. The second-order valence-electron chi connectivity index (χ2n) is 4.35. The van der Waals surface area contributed by atoms with E-state index >= 15 is 0 Å². The molecule has 0 radical (unpaired) electrons. The molecule has 13 heavy (non-hydrogen) atoms. The molecule has 0 amide bonds. The lowest BCUT2D eigenvalue weighted by molar-refractivity contribution is 0.463. The van der Waals surface area contributed by atoms with Gasteiger partial charge in [0.05, 0.1) is 0 Å². The van der Waals surface area contributed by atoms with Gasteiger partial charge in [-0.1, -0.05) is 31.3 Å². The van der Waals surface area contributed by atoms with E-state index in [0.717, 1.165) is 19.0 Å². The highest BCUT2D eigenvalue weighted by atomic mass is 14.9. The van der Waals surface area contributed by atoms with Gasteiger partial charge in [-0.3, -0.25) is 0 Å². The Balaban J connectivity index is 2.08. The maximum atomic E-state index is 3.92. The minimum Gasteiger partial charge on any atom is -0.314 e. The molecule has 1 fully saturated rings. The van der Waals surface area contributed by atoms with Crippen LogP contribution in [0.3, 0.4) is 0 Å². The van der Waals surface area contributed by atoms with E-state index in [4.69, 9.17) is 0 Å². The number of hydrogen-bond acceptors (Lipinski definition) is 1. The minimum atomic E-state index is 0.793. The van der Waals surface area contributed by atoms with Crippen LogP contribution in [-0.2, 0) is 0 Å². The highest BCUT2D eigenvalue weighted by Crippen LogP contribution is 2.17. The highest BCUT2D eigenvalue weighted by molar-refractivity contribution is 4.88. The Morgan fingerprint density at radius 3 is 2.38 bits per heavy atom. The minimum absolute atomic E-state index is 0.793. The summed E-state index contributed by atoms with van der Waals surface area (Å²) >= 11 is 0. The van der Waals surface area contributed by atoms with E-state index in [-0.39, 0.29) is 0 Å². The van der Waals surface area contributed by atoms with Gasteiger partial charge < -0.3 is 5.32 Å². The van der Waals surface area contributed by atoms with E-state index in [1.54, 1.807) is 0 Å². The fraction of sp³-hybridized carbons (Fsp3) is 0.833. The Kier molecular flexibility index (Phi) is 5.14. The zero-order valence-electron chi connectivity index (χ0n) is 8.94. The van der Waals surface area contributed by atoms with Crippen molar-refractivity contribution < 1.29 is 0 Å². The Morgan fingerprint density at radius 2 is 1.85 bits per heavy atom. The summed E-state index contributed by atoms with van der Waals surface area (Å²) in [6.45, 7) is 7.15. The molecule has 0 unspecified atom stereocenters. The summed E-state index contributed by atoms with van der Waals surface area (Å²) in [6, 6.07) is 0.793. The third kappa shape index (κ3) is 5.09. The van der Waals surface area contributed by atoms with Crippen molar-refractivity contribution in [3.8, 4) is 0 Å². The molecule has 76 valence electrons. The fourth-order valence-corrected chi connectivity index (χ4v) is 1.97. The van der Waals surface area contributed by atoms with Crippen molar-refractivity contribution >= 4 is 0 Å². The van der Waals surface area contributed by atoms with Gasteiger partial charge in [-0.25, -0.2) is 0 Å². The average Bonchev–Trinajstić information content (AvgIpc) is 2.32. The SMILES string of the molecule is C=C(C)CCNC1CCCCCC1. The standard InChI is InChI=1S/C12H23N/c1-11(2)9-10-13-12-7-5-3-4-6-8-12/h12-13H,1,3-10H2,2H3. The Bertz CT molecular complexity index is 143. The van der Waals surface area contributed by atoms with Crippen LogP contribution >= 0.6 is 0 Å². The monoisotopic (exact) mass is 181 g/mol. The largest absolute Gasteiger partial charge is 0.314 e. The third-order valence-electron chi connectivity index (χ3n) is 2.84. The summed E-state index contributed by atoms with van der Waals surface area (Å²) in [6.07, 6.45) is 9.63. The molecule has 0 aliphatic heterocycles. The normalized spacial score (nSPS) is 19.8. The lowest BCUT2D eigenvalue weighted by atomic mass is 10.1. The van der Waals surface area contributed by atoms with E-state index in [0.29, 0.717) is 0 Å². The molecule has 1 N–H and O–H groups in total. The summed E-state index contributed by atoms with van der Waals surface area (Å²) in [4.78, 5) is 0. The van der Waals surface area contributed by atoms with Gasteiger partial charge in [-0.05, 0) is 32.7 Å². The van der Waals surface area contributed by atoms with E-state index in [2.05, 4.69) is 18.8 Å². The molecule has 0 saturated heterocycles. The molecular formula is C12H23N. The van der Waals surface area contributed by atoms with Crippen LogP contribution in [0.5, 0.6) is 0 Å². The molecule has 1 heteroatoms. The summed E-state index contributed by atoms with van der Waals surface area (Å²) < 4.78 is 0. The van der Waals surface area contributed by atoms with Crippen molar-refractivity contribution in [1.82, 2.24) is 5.32 Å². The second-order valence-corrected chi connectivity index (χ2v) is 4.35. The van der Waals surface area contributed by atoms with Crippen molar-refractivity contribution in [1.29, 1.82) is 0 Å². The first kappa shape index (κ1) is 10.8. The van der Waals surface area contributed by atoms with Gasteiger partial charge >= 0.3 is 0 Å². The topological polar surface area (TPSA) is 12.0 Å². The summed E-state index contributed by atoms with van der Waals surface area (Å²) in [5.41, 5.74) is 1.29. The van der Waals surface area contributed by atoms with Gasteiger partial charge in [-0.2, -0.15) is 0 Å². The number of nitrogens with one attached hydrogen (secondary N) is 1. The fourth-order valence-electron chi connectivity index (χ4n) is 1.97. The molecule has 1 aliphatic carbocycles. The molecule has 0 aromatic carbocycles. The molecule has 1 rings (SSSR count). The van der Waals surface area contributed by atoms with Crippen LogP contribution in [0.4, 0.5) is 0 Å². The van der Waals surface area contributed by atoms with E-state index in [9.17, 15) is 0 Å². The Morgan fingerprint density at radius 1 is 1.23 bits per heavy atom. The quantitative estimate of drug-likeness (QED) is 0.518. The van der Waals surface area contributed by atoms with Crippen molar-refractivity contribution in [3.63, 3.8) is 0 Å². The summed E-state index contributed by atoms with van der Waals surface area (Å²) in [5, 5.41) is 3.63. The van der Waals surface area contributed by atoms with Gasteiger partial charge in [0.15, 0.2) is 0 Å². The zero-order valence-corrected chi connectivity index (χ0v) is 8.94. The average molecular weight is 181 g/mol. The number of hydrogen-bond donors (Lipinski definition) is 1. The molecule has 0 aromatic heterocycles. The van der Waals surface area contributed by atoms with E-state index in [1.165, 1.54) is 44.1 Å². The van der Waals surface area contributed by atoms with Gasteiger partial charge in [0.2, 0.25) is 0 Å². The van der Waals surface area contributed by atoms with Crippen LogP contribution in [0.25, 0.3) is 0 Å². The second kappa shape index (κ2) is 6.20. The summed E-state index contributed by atoms with van der Waals surface area (Å²) in [5.74, 6) is 0. The first-order valence-corrected chi connectivity index (χ1v) is 5.67. The van der Waals surface area contributed by atoms with Crippen LogP contribution in [0.2, 0.25) is 0 Å². The maximum Gasteiger partial charge on any atom is 0.00671 e. The number of rotatable bonds is 4. The van der Waals surface area contributed by atoms with Crippen LogP contribution in [-0.4, -0.2) is 12.6 Å². The molecule has 1 nitrogen and oxygen atoms in total. The van der Waals surface area contributed by atoms with Crippen LogP contribution < -0.4 is 5.32 Å². The van der Waals surface area contributed by atoms with Crippen molar-refractivity contribution in [3.05, 3.63) is 12.2 Å². The lowest BCUT2D eigenvalue weighted by Crippen LogP contribution is -2.29. The molecule has 0 aromatic rings. The lowest BCUT2D eigenvalue weighted by Gasteiger charge is -2.15. The van der Waals surface area contributed by atoms with Crippen molar-refractivity contribution in [2.75, 3.05) is 6.54 Å². The summed E-state index contributed by atoms with van der Waals surface area (Å²) in [7, 11) is 0. The van der Waals surface area contributed by atoms with Gasteiger partial charge in [-0.15, -0.1) is 6.58 Å². The van der Waals surface area contributed by atoms with Crippen LogP contribution in [0.1, 0.15) is 51.9 Å². The predicted octanol–water partition coefficient (Wildman–Crippen LogP) is 3.27. The molecule has 0 heterocycles. The van der Waals surface area contributed by atoms with Crippen LogP contribution in [0.15, 0.2) is 12.2 Å². The maximum absolute atomic E-state index is 3.92. The molecular weight excluding hydrogens is 158 g/mol. The first-order valence-electron chi connectivity index (χ1n) is 5.67. The smallest absolute Gasteiger partial charge is 0.00671 e. The van der Waals surface area contributed by atoms with Gasteiger partial charge in [0, 0.05) is 6.04 Å². The Labute approximate surface area is 82.6 Å². The van der Waals surface area contributed by atoms with E-state index in [1.807, 2.05) is 0 Å². The molecule has 1 aliphatic rings.